The molecule has 3 aromatic rings. The molecule has 0 unspecified atom stereocenters. The standard InChI is InChI=1S/C24H25ClN2O4S/c1-17(18-10-14-22(31-2)15-11-18)26-24(28)19-8-12-21(13-9-19)27(32(3,29)30)16-20-6-4-5-7-23(20)25/h4-15,17H,16H2,1-3H3,(H,26,28)/t17-/m0/s1. The Hall–Kier alpha value is -3.03. The van der Waals surface area contributed by atoms with Gasteiger partial charge >= 0.3 is 0 Å². The molecule has 0 spiro atoms. The second kappa shape index (κ2) is 10.1. The normalized spacial score (nSPS) is 12.1. The van der Waals surface area contributed by atoms with E-state index in [1.54, 1.807) is 55.6 Å². The smallest absolute Gasteiger partial charge is 0.251 e. The highest BCUT2D eigenvalue weighted by Gasteiger charge is 2.20. The van der Waals surface area contributed by atoms with Crippen LogP contribution in [-0.2, 0) is 16.6 Å². The van der Waals surface area contributed by atoms with Gasteiger partial charge in [0.15, 0.2) is 0 Å². The molecule has 168 valence electrons. The highest BCUT2D eigenvalue weighted by molar-refractivity contribution is 7.92. The van der Waals surface area contributed by atoms with Crippen molar-refractivity contribution in [3.63, 3.8) is 0 Å². The molecule has 6 nitrogen and oxygen atoms in total. The average molecular weight is 473 g/mol. The summed E-state index contributed by atoms with van der Waals surface area (Å²) in [6.07, 6.45) is 1.14. The molecule has 0 heterocycles. The van der Waals surface area contributed by atoms with Crippen molar-refractivity contribution in [2.45, 2.75) is 19.5 Å². The summed E-state index contributed by atoms with van der Waals surface area (Å²) in [4.78, 5) is 12.7. The van der Waals surface area contributed by atoms with Crippen LogP contribution in [0.1, 0.15) is 34.5 Å². The molecule has 32 heavy (non-hydrogen) atoms. The van der Waals surface area contributed by atoms with E-state index >= 15 is 0 Å². The SMILES string of the molecule is COc1ccc([C@H](C)NC(=O)c2ccc(N(Cc3ccccc3Cl)S(C)(=O)=O)cc2)cc1. The van der Waals surface area contributed by atoms with Gasteiger partial charge in [0.1, 0.15) is 5.75 Å². The molecule has 0 saturated carbocycles. The van der Waals surface area contributed by atoms with Crippen LogP contribution in [-0.4, -0.2) is 27.7 Å². The lowest BCUT2D eigenvalue weighted by Gasteiger charge is -2.23. The predicted molar refractivity (Wildman–Crippen MR) is 128 cm³/mol. The van der Waals surface area contributed by atoms with Gasteiger partial charge in [-0.25, -0.2) is 8.42 Å². The zero-order valence-corrected chi connectivity index (χ0v) is 19.7. The third kappa shape index (κ3) is 5.81. The molecular weight excluding hydrogens is 448 g/mol. The molecule has 0 aliphatic carbocycles. The lowest BCUT2D eigenvalue weighted by Crippen LogP contribution is -2.30. The minimum atomic E-state index is -3.56. The second-order valence-electron chi connectivity index (χ2n) is 7.38. The van der Waals surface area contributed by atoms with Crippen molar-refractivity contribution in [1.29, 1.82) is 0 Å². The van der Waals surface area contributed by atoms with Crippen molar-refractivity contribution >= 4 is 33.2 Å². The van der Waals surface area contributed by atoms with Gasteiger partial charge in [0.2, 0.25) is 10.0 Å². The lowest BCUT2D eigenvalue weighted by atomic mass is 10.1. The number of ether oxygens (including phenoxy) is 1. The number of hydrogen-bond acceptors (Lipinski definition) is 4. The monoisotopic (exact) mass is 472 g/mol. The fourth-order valence-corrected chi connectivity index (χ4v) is 4.29. The van der Waals surface area contributed by atoms with Gasteiger partial charge in [0.05, 0.1) is 31.6 Å². The minimum absolute atomic E-state index is 0.0958. The van der Waals surface area contributed by atoms with E-state index in [0.29, 0.717) is 21.8 Å². The predicted octanol–water partition coefficient (Wildman–Crippen LogP) is 4.81. The number of carbonyl (C=O) groups excluding carboxylic acids is 1. The van der Waals surface area contributed by atoms with E-state index in [-0.39, 0.29) is 18.5 Å². The number of methoxy groups -OCH3 is 1. The van der Waals surface area contributed by atoms with Gasteiger partial charge in [0.25, 0.3) is 5.91 Å². The summed E-state index contributed by atoms with van der Waals surface area (Å²) in [5.41, 5.74) is 2.51. The molecule has 1 atom stereocenters. The Kier molecular flexibility index (Phi) is 7.43. The number of sulfonamides is 1. The fraction of sp³-hybridized carbons (Fsp3) is 0.208. The van der Waals surface area contributed by atoms with Crippen LogP contribution in [0.15, 0.2) is 72.8 Å². The lowest BCUT2D eigenvalue weighted by molar-refractivity contribution is 0.0940. The quantitative estimate of drug-likeness (QED) is 0.510. The van der Waals surface area contributed by atoms with Gasteiger partial charge in [0, 0.05) is 10.6 Å². The van der Waals surface area contributed by atoms with Gasteiger partial charge in [-0.15, -0.1) is 0 Å². The van der Waals surface area contributed by atoms with Gasteiger partial charge in [-0.3, -0.25) is 9.10 Å². The Morgan fingerprint density at radius 1 is 1.03 bits per heavy atom. The Morgan fingerprint density at radius 2 is 1.66 bits per heavy atom. The first-order chi connectivity index (χ1) is 15.2. The first kappa shape index (κ1) is 23.6. The Balaban J connectivity index is 1.75. The molecule has 0 aliphatic heterocycles. The van der Waals surface area contributed by atoms with Crippen molar-refractivity contribution in [2.75, 3.05) is 17.7 Å². The molecule has 0 aliphatic rings. The fourth-order valence-electron chi connectivity index (χ4n) is 3.22. The summed E-state index contributed by atoms with van der Waals surface area (Å²) in [5, 5.41) is 3.44. The third-order valence-corrected chi connectivity index (χ3v) is 6.56. The summed E-state index contributed by atoms with van der Waals surface area (Å²) in [5.74, 6) is 0.493. The number of halogens is 1. The minimum Gasteiger partial charge on any atom is -0.497 e. The van der Waals surface area contributed by atoms with Crippen LogP contribution in [0.25, 0.3) is 0 Å². The van der Waals surface area contributed by atoms with Gasteiger partial charge in [-0.2, -0.15) is 0 Å². The van der Waals surface area contributed by atoms with Gasteiger partial charge in [-0.1, -0.05) is 41.9 Å². The summed E-state index contributed by atoms with van der Waals surface area (Å²) >= 11 is 6.21. The van der Waals surface area contributed by atoms with E-state index in [4.69, 9.17) is 16.3 Å². The maximum absolute atomic E-state index is 12.7. The summed E-state index contributed by atoms with van der Waals surface area (Å²) in [6, 6.07) is 20.8. The van der Waals surface area contributed by atoms with Crippen molar-refractivity contribution in [3.05, 3.63) is 94.5 Å². The molecule has 8 heteroatoms. The number of nitrogens with one attached hydrogen (secondary N) is 1. The van der Waals surface area contributed by atoms with Crippen LogP contribution in [0.4, 0.5) is 5.69 Å². The van der Waals surface area contributed by atoms with Gasteiger partial charge in [-0.05, 0) is 60.5 Å². The molecule has 0 radical (unpaired) electrons. The number of hydrogen-bond donors (Lipinski definition) is 1. The highest BCUT2D eigenvalue weighted by Crippen LogP contribution is 2.25. The number of anilines is 1. The Bertz CT molecular complexity index is 1180. The number of benzene rings is 3. The Morgan fingerprint density at radius 3 is 2.22 bits per heavy atom. The van der Waals surface area contributed by atoms with Crippen molar-refractivity contribution in [2.24, 2.45) is 0 Å². The Labute approximate surface area is 193 Å². The van der Waals surface area contributed by atoms with Crippen LogP contribution >= 0.6 is 11.6 Å². The van der Waals surface area contributed by atoms with E-state index < -0.39 is 10.0 Å². The van der Waals surface area contributed by atoms with E-state index in [2.05, 4.69) is 5.32 Å². The molecular formula is C24H25ClN2O4S. The molecule has 0 bridgehead atoms. The summed E-state index contributed by atoms with van der Waals surface area (Å²) in [7, 11) is -1.96. The van der Waals surface area contributed by atoms with Crippen LogP contribution in [0.3, 0.4) is 0 Å². The van der Waals surface area contributed by atoms with E-state index in [1.165, 1.54) is 4.31 Å². The van der Waals surface area contributed by atoms with Gasteiger partial charge < -0.3 is 10.1 Å². The third-order valence-electron chi connectivity index (χ3n) is 5.05. The molecule has 0 saturated heterocycles. The van der Waals surface area contributed by atoms with E-state index in [1.807, 2.05) is 31.2 Å². The van der Waals surface area contributed by atoms with E-state index in [0.717, 1.165) is 17.6 Å². The van der Waals surface area contributed by atoms with Crippen LogP contribution < -0.4 is 14.4 Å². The second-order valence-corrected chi connectivity index (χ2v) is 9.69. The molecule has 3 rings (SSSR count). The number of carbonyl (C=O) groups is 1. The molecule has 1 N–H and O–H groups in total. The highest BCUT2D eigenvalue weighted by atomic mass is 35.5. The molecule has 0 aromatic heterocycles. The summed E-state index contributed by atoms with van der Waals surface area (Å²) in [6.45, 7) is 1.99. The molecule has 3 aromatic carbocycles. The zero-order chi connectivity index (χ0) is 23.3. The number of amides is 1. The number of nitrogens with zero attached hydrogens (tertiary/aromatic N) is 1. The first-order valence-electron chi connectivity index (χ1n) is 9.95. The topological polar surface area (TPSA) is 75.7 Å². The van der Waals surface area contributed by atoms with Crippen molar-refractivity contribution in [1.82, 2.24) is 5.32 Å². The number of rotatable bonds is 8. The maximum Gasteiger partial charge on any atom is 0.251 e. The summed E-state index contributed by atoms with van der Waals surface area (Å²) < 4.78 is 31.2. The van der Waals surface area contributed by atoms with Crippen molar-refractivity contribution < 1.29 is 17.9 Å². The van der Waals surface area contributed by atoms with Crippen LogP contribution in [0.5, 0.6) is 5.75 Å². The van der Waals surface area contributed by atoms with Crippen LogP contribution in [0.2, 0.25) is 5.02 Å². The van der Waals surface area contributed by atoms with Crippen molar-refractivity contribution in [3.8, 4) is 5.75 Å². The van der Waals surface area contributed by atoms with E-state index in [9.17, 15) is 13.2 Å². The molecule has 0 fully saturated rings. The first-order valence-corrected chi connectivity index (χ1v) is 12.2. The largest absolute Gasteiger partial charge is 0.497 e. The van der Waals surface area contributed by atoms with Crippen LogP contribution in [0, 0.1) is 0 Å². The average Bonchev–Trinajstić information content (AvgIpc) is 2.78. The zero-order valence-electron chi connectivity index (χ0n) is 18.1. The maximum atomic E-state index is 12.7. The molecule has 1 amide bonds.